The molecule has 0 aromatic heterocycles. The Labute approximate surface area is 123 Å². The number of aryl methyl sites for hydroxylation is 1. The van der Waals surface area contributed by atoms with E-state index in [-0.39, 0.29) is 10.6 Å². The van der Waals surface area contributed by atoms with Crippen molar-refractivity contribution in [3.63, 3.8) is 0 Å². The van der Waals surface area contributed by atoms with Gasteiger partial charge in [0.15, 0.2) is 0 Å². The van der Waals surface area contributed by atoms with Crippen LogP contribution in [0.15, 0.2) is 41.3 Å². The summed E-state index contributed by atoms with van der Waals surface area (Å²) >= 11 is 5.80. The van der Waals surface area contributed by atoms with Gasteiger partial charge in [-0.3, -0.25) is 4.72 Å². The average Bonchev–Trinajstić information content (AvgIpc) is 2.38. The lowest BCUT2D eigenvalue weighted by atomic mass is 10.1. The minimum Gasteiger partial charge on any atom is -0.397 e. The smallest absolute Gasteiger partial charge is 0.261 e. The second-order valence-electron chi connectivity index (χ2n) is 4.54. The number of nitrogens with one attached hydrogen (secondary N) is 1. The largest absolute Gasteiger partial charge is 0.397 e. The molecule has 0 saturated carbocycles. The maximum absolute atomic E-state index is 12.3. The number of benzene rings is 2. The molecule has 0 amide bonds. The summed E-state index contributed by atoms with van der Waals surface area (Å²) in [5.41, 5.74) is 8.33. The highest BCUT2D eigenvalue weighted by molar-refractivity contribution is 7.92. The number of anilines is 2. The van der Waals surface area contributed by atoms with E-state index >= 15 is 0 Å². The highest BCUT2D eigenvalue weighted by Gasteiger charge is 2.16. The van der Waals surface area contributed by atoms with Gasteiger partial charge in [0.25, 0.3) is 10.0 Å². The minimum absolute atomic E-state index is 0.0836. The van der Waals surface area contributed by atoms with Crippen LogP contribution >= 0.6 is 11.6 Å². The van der Waals surface area contributed by atoms with Crippen LogP contribution in [0.4, 0.5) is 11.4 Å². The quantitative estimate of drug-likeness (QED) is 0.854. The zero-order chi connectivity index (χ0) is 14.9. The molecule has 0 saturated heterocycles. The maximum atomic E-state index is 12.3. The third-order valence-electron chi connectivity index (χ3n) is 3.13. The van der Waals surface area contributed by atoms with E-state index < -0.39 is 10.0 Å². The van der Waals surface area contributed by atoms with E-state index in [9.17, 15) is 8.42 Å². The predicted molar refractivity (Wildman–Crippen MR) is 82.6 cm³/mol. The Kier molecular flexibility index (Phi) is 3.92. The molecule has 0 atom stereocenters. The van der Waals surface area contributed by atoms with Crippen LogP contribution in [0, 0.1) is 13.8 Å². The van der Waals surface area contributed by atoms with Gasteiger partial charge in [-0.1, -0.05) is 23.7 Å². The first-order chi connectivity index (χ1) is 9.31. The van der Waals surface area contributed by atoms with Crippen LogP contribution in [0.2, 0.25) is 5.02 Å². The number of nitrogen functional groups attached to an aromatic ring is 1. The molecule has 0 aliphatic carbocycles. The lowest BCUT2D eigenvalue weighted by Crippen LogP contribution is -2.14. The number of hydrogen-bond acceptors (Lipinski definition) is 3. The van der Waals surface area contributed by atoms with Crippen LogP contribution < -0.4 is 10.5 Å². The summed E-state index contributed by atoms with van der Waals surface area (Å²) in [6, 6.07) is 9.68. The van der Waals surface area contributed by atoms with Gasteiger partial charge in [0.2, 0.25) is 0 Å². The van der Waals surface area contributed by atoms with Gasteiger partial charge in [-0.15, -0.1) is 0 Å². The first-order valence-electron chi connectivity index (χ1n) is 5.95. The minimum atomic E-state index is -3.68. The third kappa shape index (κ3) is 2.89. The highest BCUT2D eigenvalue weighted by Crippen LogP contribution is 2.25. The fourth-order valence-electron chi connectivity index (χ4n) is 1.75. The van der Waals surface area contributed by atoms with Gasteiger partial charge in [0.05, 0.1) is 21.3 Å². The van der Waals surface area contributed by atoms with Crippen molar-refractivity contribution in [2.24, 2.45) is 0 Å². The molecule has 0 heterocycles. The molecular weight excluding hydrogens is 296 g/mol. The molecule has 0 aliphatic rings. The second-order valence-corrected chi connectivity index (χ2v) is 6.63. The van der Waals surface area contributed by atoms with E-state index in [1.54, 1.807) is 12.1 Å². The van der Waals surface area contributed by atoms with Crippen molar-refractivity contribution in [1.29, 1.82) is 0 Å². The van der Waals surface area contributed by atoms with Crippen molar-refractivity contribution in [3.8, 4) is 0 Å². The molecule has 0 fully saturated rings. The Hall–Kier alpha value is -1.72. The van der Waals surface area contributed by atoms with E-state index in [0.717, 1.165) is 11.1 Å². The van der Waals surface area contributed by atoms with Crippen molar-refractivity contribution in [2.45, 2.75) is 18.7 Å². The average molecular weight is 311 g/mol. The fraction of sp³-hybridized carbons (Fsp3) is 0.143. The normalized spacial score (nSPS) is 11.3. The van der Waals surface area contributed by atoms with E-state index in [0.29, 0.717) is 10.7 Å². The van der Waals surface area contributed by atoms with Crippen LogP contribution in [0.1, 0.15) is 11.1 Å². The number of rotatable bonds is 3. The lowest BCUT2D eigenvalue weighted by Gasteiger charge is -2.12. The van der Waals surface area contributed by atoms with Gasteiger partial charge >= 0.3 is 0 Å². The van der Waals surface area contributed by atoms with Crippen molar-refractivity contribution < 1.29 is 8.42 Å². The molecular formula is C14H15ClN2O2S. The second kappa shape index (κ2) is 5.34. The standard InChI is InChI=1S/C14H15ClN2O2S/c1-9-4-3-5-14(10(9)2)17-20(18,19)11-6-7-12(15)13(16)8-11/h3-8,17H,16H2,1-2H3. The zero-order valence-electron chi connectivity index (χ0n) is 11.1. The molecule has 20 heavy (non-hydrogen) atoms. The Bertz CT molecular complexity index is 758. The Balaban J connectivity index is 2.41. The fourth-order valence-corrected chi connectivity index (χ4v) is 3.03. The molecule has 0 bridgehead atoms. The van der Waals surface area contributed by atoms with Gasteiger partial charge in [0.1, 0.15) is 0 Å². The number of halogens is 1. The lowest BCUT2D eigenvalue weighted by molar-refractivity contribution is 0.601. The van der Waals surface area contributed by atoms with Crippen LogP contribution in [-0.2, 0) is 10.0 Å². The van der Waals surface area contributed by atoms with Crippen molar-refractivity contribution in [1.82, 2.24) is 0 Å². The van der Waals surface area contributed by atoms with Gasteiger partial charge in [-0.05, 0) is 49.2 Å². The summed E-state index contributed by atoms with van der Waals surface area (Å²) in [4.78, 5) is 0.0836. The van der Waals surface area contributed by atoms with Gasteiger partial charge < -0.3 is 5.73 Å². The zero-order valence-corrected chi connectivity index (χ0v) is 12.7. The van der Waals surface area contributed by atoms with E-state index in [1.807, 2.05) is 19.9 Å². The summed E-state index contributed by atoms with van der Waals surface area (Å²) in [7, 11) is -3.68. The number of hydrogen-bond donors (Lipinski definition) is 2. The van der Waals surface area contributed by atoms with Crippen molar-refractivity contribution in [2.75, 3.05) is 10.5 Å². The molecule has 106 valence electrons. The summed E-state index contributed by atoms with van der Waals surface area (Å²) in [6.45, 7) is 3.79. The van der Waals surface area contributed by atoms with Gasteiger partial charge in [0, 0.05) is 0 Å². The molecule has 0 spiro atoms. The van der Waals surface area contributed by atoms with Crippen LogP contribution in [0.3, 0.4) is 0 Å². The molecule has 2 aromatic carbocycles. The molecule has 2 aromatic rings. The monoisotopic (exact) mass is 310 g/mol. The number of sulfonamides is 1. The molecule has 0 aliphatic heterocycles. The van der Waals surface area contributed by atoms with E-state index in [1.165, 1.54) is 18.2 Å². The molecule has 3 N–H and O–H groups in total. The summed E-state index contributed by atoms with van der Waals surface area (Å²) in [5, 5.41) is 0.329. The van der Waals surface area contributed by atoms with Gasteiger partial charge in [-0.2, -0.15) is 0 Å². The SMILES string of the molecule is Cc1cccc(NS(=O)(=O)c2ccc(Cl)c(N)c2)c1C. The van der Waals surface area contributed by atoms with Crippen molar-refractivity contribution in [3.05, 3.63) is 52.5 Å². The summed E-state index contributed by atoms with van der Waals surface area (Å²) < 4.78 is 27.2. The first kappa shape index (κ1) is 14.7. The Morgan fingerprint density at radius 1 is 1.15 bits per heavy atom. The third-order valence-corrected chi connectivity index (χ3v) is 4.83. The molecule has 0 unspecified atom stereocenters. The molecule has 4 nitrogen and oxygen atoms in total. The Morgan fingerprint density at radius 2 is 1.85 bits per heavy atom. The van der Waals surface area contributed by atoms with Crippen LogP contribution in [-0.4, -0.2) is 8.42 Å². The summed E-state index contributed by atoms with van der Waals surface area (Å²) in [5.74, 6) is 0. The predicted octanol–water partition coefficient (Wildman–Crippen LogP) is 3.34. The molecule has 2 rings (SSSR count). The van der Waals surface area contributed by atoms with Crippen LogP contribution in [0.25, 0.3) is 0 Å². The van der Waals surface area contributed by atoms with Gasteiger partial charge in [-0.25, -0.2) is 8.42 Å². The van der Waals surface area contributed by atoms with Crippen LogP contribution in [0.5, 0.6) is 0 Å². The Morgan fingerprint density at radius 3 is 2.50 bits per heavy atom. The maximum Gasteiger partial charge on any atom is 0.261 e. The first-order valence-corrected chi connectivity index (χ1v) is 7.81. The topological polar surface area (TPSA) is 72.2 Å². The molecule has 0 radical (unpaired) electrons. The highest BCUT2D eigenvalue weighted by atomic mass is 35.5. The molecule has 6 heteroatoms. The van der Waals surface area contributed by atoms with E-state index in [4.69, 9.17) is 17.3 Å². The van der Waals surface area contributed by atoms with E-state index in [2.05, 4.69) is 4.72 Å². The summed E-state index contributed by atoms with van der Waals surface area (Å²) in [6.07, 6.45) is 0. The van der Waals surface area contributed by atoms with Crippen molar-refractivity contribution >= 4 is 33.0 Å². The number of nitrogens with two attached hydrogens (primary N) is 1.